The topological polar surface area (TPSA) is 70.7 Å². The third kappa shape index (κ3) is 5.65. The number of hydrogen-bond donors (Lipinski definition) is 2. The van der Waals surface area contributed by atoms with Crippen LogP contribution in [0.3, 0.4) is 0 Å². The molecule has 0 aromatic rings. The summed E-state index contributed by atoms with van der Waals surface area (Å²) in [5.41, 5.74) is 0. The lowest BCUT2D eigenvalue weighted by molar-refractivity contribution is -0.134. The molecule has 6 nitrogen and oxygen atoms in total. The largest absolute Gasteiger partial charge is 0.378 e. The Labute approximate surface area is 102 Å². The Bertz CT molecular complexity index is 263. The van der Waals surface area contributed by atoms with E-state index in [0.717, 1.165) is 0 Å². The molecule has 2 N–H and O–H groups in total. The van der Waals surface area contributed by atoms with Crippen molar-refractivity contribution in [3.8, 4) is 0 Å². The van der Waals surface area contributed by atoms with Crippen molar-refractivity contribution in [2.45, 2.75) is 19.9 Å². The van der Waals surface area contributed by atoms with Gasteiger partial charge in [0.05, 0.1) is 26.3 Å². The number of amides is 2. The number of nitrogens with zero attached hydrogens (tertiary/aromatic N) is 1. The van der Waals surface area contributed by atoms with Crippen LogP contribution in [-0.4, -0.2) is 62.1 Å². The van der Waals surface area contributed by atoms with Gasteiger partial charge in [-0.1, -0.05) is 0 Å². The number of carbonyl (C=O) groups excluding carboxylic acids is 2. The van der Waals surface area contributed by atoms with Crippen LogP contribution < -0.4 is 10.6 Å². The predicted molar refractivity (Wildman–Crippen MR) is 63.5 cm³/mol. The zero-order valence-electron chi connectivity index (χ0n) is 10.5. The van der Waals surface area contributed by atoms with Crippen LogP contribution in [0.4, 0.5) is 0 Å². The van der Waals surface area contributed by atoms with Gasteiger partial charge in [-0.15, -0.1) is 0 Å². The zero-order valence-corrected chi connectivity index (χ0v) is 10.5. The molecule has 0 atom stereocenters. The summed E-state index contributed by atoms with van der Waals surface area (Å²) >= 11 is 0. The van der Waals surface area contributed by atoms with Crippen molar-refractivity contribution >= 4 is 11.8 Å². The van der Waals surface area contributed by atoms with E-state index in [2.05, 4.69) is 10.6 Å². The van der Waals surface area contributed by atoms with Crippen molar-refractivity contribution in [2.24, 2.45) is 0 Å². The molecule has 98 valence electrons. The first-order chi connectivity index (χ1) is 8.09. The van der Waals surface area contributed by atoms with Crippen LogP contribution in [0, 0.1) is 0 Å². The standard InChI is InChI=1S/C11H21N3O3/c1-9(2)13-10(15)7-12-8-11(16)14-3-5-17-6-4-14/h9,12H,3-8H2,1-2H3,(H,13,15). The molecule has 0 bridgehead atoms. The van der Waals surface area contributed by atoms with Crippen molar-refractivity contribution in [3.05, 3.63) is 0 Å². The monoisotopic (exact) mass is 243 g/mol. The molecule has 1 rings (SSSR count). The quantitative estimate of drug-likeness (QED) is 0.647. The maximum atomic E-state index is 11.7. The minimum atomic E-state index is -0.0882. The molecule has 2 amide bonds. The van der Waals surface area contributed by atoms with Gasteiger partial charge < -0.3 is 15.0 Å². The van der Waals surface area contributed by atoms with Crippen molar-refractivity contribution in [1.29, 1.82) is 0 Å². The summed E-state index contributed by atoms with van der Waals surface area (Å²) in [4.78, 5) is 24.7. The Morgan fingerprint density at radius 3 is 2.47 bits per heavy atom. The average Bonchev–Trinajstić information content (AvgIpc) is 2.29. The van der Waals surface area contributed by atoms with Gasteiger partial charge >= 0.3 is 0 Å². The fourth-order valence-electron chi connectivity index (χ4n) is 1.58. The zero-order chi connectivity index (χ0) is 12.7. The van der Waals surface area contributed by atoms with E-state index in [1.807, 2.05) is 13.8 Å². The van der Waals surface area contributed by atoms with Gasteiger partial charge in [0.15, 0.2) is 0 Å². The van der Waals surface area contributed by atoms with Gasteiger partial charge in [0.1, 0.15) is 0 Å². The van der Waals surface area contributed by atoms with Gasteiger partial charge in [-0.2, -0.15) is 0 Å². The van der Waals surface area contributed by atoms with Crippen molar-refractivity contribution in [2.75, 3.05) is 39.4 Å². The third-order valence-electron chi connectivity index (χ3n) is 2.38. The normalized spacial score (nSPS) is 16.1. The highest BCUT2D eigenvalue weighted by molar-refractivity contribution is 5.81. The SMILES string of the molecule is CC(C)NC(=O)CNCC(=O)N1CCOCC1. The highest BCUT2D eigenvalue weighted by Crippen LogP contribution is 1.96. The lowest BCUT2D eigenvalue weighted by Gasteiger charge is -2.26. The second kappa shape index (κ2) is 7.24. The molecule has 0 aromatic heterocycles. The lowest BCUT2D eigenvalue weighted by Crippen LogP contribution is -2.46. The van der Waals surface area contributed by atoms with Crippen molar-refractivity contribution in [3.63, 3.8) is 0 Å². The molecule has 0 radical (unpaired) electrons. The highest BCUT2D eigenvalue weighted by atomic mass is 16.5. The number of nitrogens with one attached hydrogen (secondary N) is 2. The molecule has 1 heterocycles. The smallest absolute Gasteiger partial charge is 0.236 e. The first-order valence-corrected chi connectivity index (χ1v) is 5.95. The van der Waals surface area contributed by atoms with Crippen LogP contribution >= 0.6 is 0 Å². The molecule has 17 heavy (non-hydrogen) atoms. The predicted octanol–water partition coefficient (Wildman–Crippen LogP) is -1.04. The number of carbonyl (C=O) groups is 2. The molecule has 1 aliphatic rings. The molecule has 0 unspecified atom stereocenters. The van der Waals surface area contributed by atoms with E-state index in [0.29, 0.717) is 26.3 Å². The molecule has 1 saturated heterocycles. The Kier molecular flexibility index (Phi) is 5.93. The summed E-state index contributed by atoms with van der Waals surface area (Å²) in [6.45, 7) is 6.64. The number of morpholine rings is 1. The molecule has 0 saturated carbocycles. The number of hydrogen-bond acceptors (Lipinski definition) is 4. The van der Waals surface area contributed by atoms with E-state index in [1.165, 1.54) is 0 Å². The van der Waals surface area contributed by atoms with Crippen molar-refractivity contribution in [1.82, 2.24) is 15.5 Å². The Hall–Kier alpha value is -1.14. The highest BCUT2D eigenvalue weighted by Gasteiger charge is 2.16. The van der Waals surface area contributed by atoms with E-state index in [1.54, 1.807) is 4.90 Å². The van der Waals surface area contributed by atoms with Crippen LogP contribution in [-0.2, 0) is 14.3 Å². The Morgan fingerprint density at radius 2 is 1.88 bits per heavy atom. The van der Waals surface area contributed by atoms with Crippen LogP contribution in [0.5, 0.6) is 0 Å². The average molecular weight is 243 g/mol. The Morgan fingerprint density at radius 1 is 1.24 bits per heavy atom. The van der Waals surface area contributed by atoms with Crippen LogP contribution in [0.25, 0.3) is 0 Å². The van der Waals surface area contributed by atoms with Crippen LogP contribution in [0.15, 0.2) is 0 Å². The number of ether oxygens (including phenoxy) is 1. The minimum absolute atomic E-state index is 0.0191. The third-order valence-corrected chi connectivity index (χ3v) is 2.38. The fraction of sp³-hybridized carbons (Fsp3) is 0.818. The van der Waals surface area contributed by atoms with Gasteiger partial charge in [0, 0.05) is 19.1 Å². The summed E-state index contributed by atoms with van der Waals surface area (Å²) in [5, 5.41) is 5.59. The van der Waals surface area contributed by atoms with E-state index in [-0.39, 0.29) is 30.9 Å². The molecular formula is C11H21N3O3. The summed E-state index contributed by atoms with van der Waals surface area (Å²) in [6, 6.07) is 0.124. The van der Waals surface area contributed by atoms with Crippen LogP contribution in [0.1, 0.15) is 13.8 Å². The molecule has 0 spiro atoms. The maximum Gasteiger partial charge on any atom is 0.236 e. The van der Waals surface area contributed by atoms with E-state index in [9.17, 15) is 9.59 Å². The fourth-order valence-corrected chi connectivity index (χ4v) is 1.58. The molecule has 1 aliphatic heterocycles. The minimum Gasteiger partial charge on any atom is -0.378 e. The molecular weight excluding hydrogens is 222 g/mol. The first kappa shape index (κ1) is 13.9. The molecule has 0 aromatic carbocycles. The molecule has 0 aliphatic carbocycles. The summed E-state index contributed by atoms with van der Waals surface area (Å²) in [5.74, 6) is -0.0691. The van der Waals surface area contributed by atoms with Gasteiger partial charge in [-0.3, -0.25) is 14.9 Å². The second-order valence-corrected chi connectivity index (χ2v) is 4.32. The van der Waals surface area contributed by atoms with Gasteiger partial charge in [-0.05, 0) is 13.8 Å². The van der Waals surface area contributed by atoms with E-state index >= 15 is 0 Å². The first-order valence-electron chi connectivity index (χ1n) is 5.95. The van der Waals surface area contributed by atoms with Gasteiger partial charge in [-0.25, -0.2) is 0 Å². The van der Waals surface area contributed by atoms with Crippen molar-refractivity contribution < 1.29 is 14.3 Å². The second-order valence-electron chi connectivity index (χ2n) is 4.32. The summed E-state index contributed by atoms with van der Waals surface area (Å²) < 4.78 is 5.16. The van der Waals surface area contributed by atoms with Gasteiger partial charge in [0.2, 0.25) is 11.8 Å². The molecule has 6 heteroatoms. The Balaban J connectivity index is 2.13. The van der Waals surface area contributed by atoms with Gasteiger partial charge in [0.25, 0.3) is 0 Å². The molecule has 1 fully saturated rings. The van der Waals surface area contributed by atoms with E-state index < -0.39 is 0 Å². The lowest BCUT2D eigenvalue weighted by atomic mass is 10.3. The summed E-state index contributed by atoms with van der Waals surface area (Å²) in [6.07, 6.45) is 0. The maximum absolute atomic E-state index is 11.7. The van der Waals surface area contributed by atoms with E-state index in [4.69, 9.17) is 4.74 Å². The number of rotatable bonds is 5. The summed E-state index contributed by atoms with van der Waals surface area (Å²) in [7, 11) is 0. The van der Waals surface area contributed by atoms with Crippen LogP contribution in [0.2, 0.25) is 0 Å².